The molecule has 9 heteroatoms. The van der Waals surface area contributed by atoms with Gasteiger partial charge >= 0.3 is 0 Å². The molecule has 0 spiro atoms. The zero-order valence-electron chi connectivity index (χ0n) is 20.1. The van der Waals surface area contributed by atoms with Crippen LogP contribution >= 0.6 is 15.9 Å². The van der Waals surface area contributed by atoms with Gasteiger partial charge in [0.05, 0.1) is 17.9 Å². The quantitative estimate of drug-likeness (QED) is 0.344. The van der Waals surface area contributed by atoms with Crippen molar-refractivity contribution in [2.45, 2.75) is 24.9 Å². The molecule has 0 bridgehead atoms. The molecule has 1 aliphatic heterocycles. The lowest BCUT2D eigenvalue weighted by Gasteiger charge is -2.16. The molecular weight excluding hydrogens is 512 g/mol. The highest BCUT2D eigenvalue weighted by atomic mass is 79.9. The van der Waals surface area contributed by atoms with E-state index in [-0.39, 0.29) is 11.8 Å². The van der Waals surface area contributed by atoms with E-state index in [2.05, 4.69) is 40.9 Å². The minimum absolute atomic E-state index is 0.0310. The molecule has 2 aromatic carbocycles. The highest BCUT2D eigenvalue weighted by Gasteiger charge is 2.30. The molecule has 1 saturated heterocycles. The number of methoxy groups -OCH3 is 1. The number of carbonyl (C=O) groups is 3. The second-order valence-corrected chi connectivity index (χ2v) is 8.79. The Bertz CT molecular complexity index is 1070. The average Bonchev–Trinajstić information content (AvgIpc) is 3.53. The van der Waals surface area contributed by atoms with E-state index in [1.165, 1.54) is 0 Å². The lowest BCUT2D eigenvalue weighted by molar-refractivity contribution is -0.115. The average molecular weight is 543 g/mol. The Kier molecular flexibility index (Phi) is 12.0. The maximum absolute atomic E-state index is 12.4. The number of aromatic nitrogens is 2. The van der Waals surface area contributed by atoms with Gasteiger partial charge in [0.25, 0.3) is 0 Å². The lowest BCUT2D eigenvalue weighted by Crippen LogP contribution is -2.33. The number of imidazole rings is 1. The second kappa shape index (κ2) is 15.0. The Hall–Kier alpha value is -3.14. The van der Waals surface area contributed by atoms with Crippen LogP contribution in [0.4, 0.5) is 0 Å². The van der Waals surface area contributed by atoms with Crippen LogP contribution in [-0.2, 0) is 14.3 Å². The molecule has 186 valence electrons. The van der Waals surface area contributed by atoms with E-state index in [4.69, 9.17) is 0 Å². The number of rotatable bonds is 7. The molecule has 8 nitrogen and oxygen atoms in total. The number of carbonyl (C=O) groups excluding carboxylic acids is 3. The summed E-state index contributed by atoms with van der Waals surface area (Å²) in [6.45, 7) is 0.982. The van der Waals surface area contributed by atoms with Gasteiger partial charge in [0.2, 0.25) is 12.2 Å². The van der Waals surface area contributed by atoms with E-state index in [0.29, 0.717) is 18.5 Å². The molecular formula is C26H31BrN4O4. The molecule has 2 heterocycles. The highest BCUT2D eigenvalue weighted by Crippen LogP contribution is 2.23. The smallest absolute Gasteiger partial charge is 0.215 e. The number of ether oxygens (including phenoxy) is 1. The first-order valence-electron chi connectivity index (χ1n) is 11.1. The van der Waals surface area contributed by atoms with Gasteiger partial charge < -0.3 is 19.8 Å². The van der Waals surface area contributed by atoms with Gasteiger partial charge in [-0.25, -0.2) is 4.98 Å². The Morgan fingerprint density at radius 2 is 1.91 bits per heavy atom. The summed E-state index contributed by atoms with van der Waals surface area (Å²) in [6, 6.07) is 16.4. The summed E-state index contributed by atoms with van der Waals surface area (Å²) in [6.07, 6.45) is 4.94. The number of likely N-dealkylation sites (N-methyl/N-ethyl adjacent to an activating group) is 1. The molecule has 2 unspecified atom stereocenters. The van der Waals surface area contributed by atoms with E-state index < -0.39 is 6.04 Å². The van der Waals surface area contributed by atoms with Crippen molar-refractivity contribution in [3.8, 4) is 11.3 Å². The number of hydrogen-bond donors (Lipinski definition) is 2. The van der Waals surface area contributed by atoms with Crippen molar-refractivity contribution in [1.29, 1.82) is 0 Å². The van der Waals surface area contributed by atoms with E-state index in [9.17, 15) is 14.4 Å². The Labute approximate surface area is 214 Å². The minimum Gasteiger partial charge on any atom is -0.388 e. The summed E-state index contributed by atoms with van der Waals surface area (Å²) in [4.78, 5) is 42.5. The number of nitrogens with zero attached hydrogens (tertiary/aromatic N) is 2. The molecule has 3 aromatic rings. The summed E-state index contributed by atoms with van der Waals surface area (Å²) in [5.74, 6) is 0.546. The fraction of sp³-hybridized carbons (Fsp3) is 0.308. The number of aromatic amines is 1. The zero-order valence-corrected chi connectivity index (χ0v) is 21.7. The molecule has 1 aliphatic rings. The molecule has 4 rings (SSSR count). The van der Waals surface area contributed by atoms with Crippen molar-refractivity contribution in [2.75, 3.05) is 27.8 Å². The molecule has 1 fully saturated rings. The van der Waals surface area contributed by atoms with Gasteiger partial charge in [0.15, 0.2) is 5.82 Å². The molecule has 1 amide bonds. The van der Waals surface area contributed by atoms with Gasteiger partial charge in [-0.3, -0.25) is 14.5 Å². The predicted octanol–water partition coefficient (Wildman–Crippen LogP) is 4.05. The van der Waals surface area contributed by atoms with Crippen LogP contribution in [0.3, 0.4) is 0 Å². The van der Waals surface area contributed by atoms with E-state index in [0.717, 1.165) is 40.7 Å². The lowest BCUT2D eigenvalue weighted by atomic mass is 10.1. The Balaban J connectivity index is 0.000000246. The third-order valence-electron chi connectivity index (χ3n) is 5.31. The van der Waals surface area contributed by atoms with Crippen LogP contribution in [0.5, 0.6) is 0 Å². The van der Waals surface area contributed by atoms with Crippen LogP contribution in [0.15, 0.2) is 65.3 Å². The molecule has 0 aliphatic carbocycles. The van der Waals surface area contributed by atoms with E-state index in [1.807, 2.05) is 49.5 Å². The topological polar surface area (TPSA) is 104 Å². The number of nitrogens with one attached hydrogen (secondary N) is 2. The van der Waals surface area contributed by atoms with Gasteiger partial charge in [-0.05, 0) is 44.1 Å². The van der Waals surface area contributed by atoms with Gasteiger partial charge in [-0.2, -0.15) is 0 Å². The number of likely N-dealkylation sites (tertiary alicyclic amines) is 1. The summed E-state index contributed by atoms with van der Waals surface area (Å²) >= 11 is 3.45. The van der Waals surface area contributed by atoms with Gasteiger partial charge in [-0.1, -0.05) is 58.4 Å². The number of halogens is 1. The Morgan fingerprint density at radius 3 is 2.49 bits per heavy atom. The van der Waals surface area contributed by atoms with Crippen molar-refractivity contribution >= 4 is 34.4 Å². The maximum Gasteiger partial charge on any atom is 0.215 e. The summed E-state index contributed by atoms with van der Waals surface area (Å²) in [5, 5.41) is 2.40. The second-order valence-electron chi connectivity index (χ2n) is 7.88. The van der Waals surface area contributed by atoms with Crippen LogP contribution in [0.1, 0.15) is 35.1 Å². The zero-order chi connectivity index (χ0) is 25.6. The van der Waals surface area contributed by atoms with Crippen LogP contribution in [0.2, 0.25) is 0 Å². The summed E-state index contributed by atoms with van der Waals surface area (Å²) < 4.78 is 5.26. The number of hydrogen-bond acceptors (Lipinski definition) is 6. The van der Waals surface area contributed by atoms with Crippen molar-refractivity contribution in [1.82, 2.24) is 20.2 Å². The number of amides is 1. The van der Waals surface area contributed by atoms with Crippen LogP contribution in [-0.4, -0.2) is 67.2 Å². The molecule has 1 aromatic heterocycles. The molecule has 2 atom stereocenters. The van der Waals surface area contributed by atoms with Crippen molar-refractivity contribution < 1.29 is 19.1 Å². The first-order chi connectivity index (χ1) is 16.9. The van der Waals surface area contributed by atoms with E-state index >= 15 is 0 Å². The van der Waals surface area contributed by atoms with Crippen LogP contribution < -0.4 is 5.32 Å². The van der Waals surface area contributed by atoms with Crippen LogP contribution in [0, 0.1) is 0 Å². The number of H-pyrrole nitrogens is 1. The summed E-state index contributed by atoms with van der Waals surface area (Å²) in [7, 11) is 5.24. The van der Waals surface area contributed by atoms with Gasteiger partial charge in [0.1, 0.15) is 12.3 Å². The van der Waals surface area contributed by atoms with E-state index in [1.54, 1.807) is 32.5 Å². The number of ketones is 1. The van der Waals surface area contributed by atoms with Crippen LogP contribution in [0.25, 0.3) is 11.3 Å². The first kappa shape index (κ1) is 28.1. The normalized spacial score (nSPS) is 15.6. The standard InChI is InChI=1S/C15H16BrN3O.C9H9NO2.C2H6O/c1-19-7-3-6-13(19)14(20)15-17-9-12(18-15)10-4-2-5-11(16)8-10;11-6-9(10-7-12)8-4-2-1-3-5-8;1-3-2/h2,4-5,8-9,13H,3,6-7H2,1H3,(H,17,18);1-7,9H,(H,10,12);1-2H3. The number of benzene rings is 2. The maximum atomic E-state index is 12.4. The van der Waals surface area contributed by atoms with Gasteiger partial charge in [-0.15, -0.1) is 0 Å². The van der Waals surface area contributed by atoms with Gasteiger partial charge in [0, 0.05) is 24.3 Å². The SMILES string of the molecule is CN1CCCC1C(=O)c1ncc(-c2cccc(Br)c2)[nH]1.COC.O=CNC(C=O)c1ccccc1. The predicted molar refractivity (Wildman–Crippen MR) is 139 cm³/mol. The summed E-state index contributed by atoms with van der Waals surface area (Å²) in [5.41, 5.74) is 2.68. The molecule has 0 radical (unpaired) electrons. The monoisotopic (exact) mass is 542 g/mol. The fourth-order valence-electron chi connectivity index (χ4n) is 3.60. The fourth-order valence-corrected chi connectivity index (χ4v) is 4.00. The molecule has 2 N–H and O–H groups in total. The molecule has 0 saturated carbocycles. The number of aldehydes is 1. The highest BCUT2D eigenvalue weighted by molar-refractivity contribution is 9.10. The first-order valence-corrected chi connectivity index (χ1v) is 11.9. The van der Waals surface area contributed by atoms with Crippen molar-refractivity contribution in [2.24, 2.45) is 0 Å². The molecule has 35 heavy (non-hydrogen) atoms. The van der Waals surface area contributed by atoms with Crippen molar-refractivity contribution in [3.63, 3.8) is 0 Å². The largest absolute Gasteiger partial charge is 0.388 e. The Morgan fingerprint density at radius 1 is 1.20 bits per heavy atom. The third kappa shape index (κ3) is 8.54. The third-order valence-corrected chi connectivity index (χ3v) is 5.80. The minimum atomic E-state index is -0.524. The van der Waals surface area contributed by atoms with Crippen molar-refractivity contribution in [3.05, 3.63) is 76.7 Å². The number of Topliss-reactive ketones (excluding diaryl/α,β-unsaturated/α-hetero) is 1.